The third-order valence-corrected chi connectivity index (χ3v) is 3.25. The Morgan fingerprint density at radius 3 is 2.88 bits per heavy atom. The SMILES string of the molecule is CCNc1cccc(NC(C)c2nccs2)n1. The molecule has 17 heavy (non-hydrogen) atoms. The van der Waals surface area contributed by atoms with E-state index in [-0.39, 0.29) is 6.04 Å². The van der Waals surface area contributed by atoms with Crippen molar-refractivity contribution in [3.63, 3.8) is 0 Å². The standard InChI is InChI=1S/C12H16N4S/c1-3-13-10-5-4-6-11(16-10)15-9(2)12-14-7-8-17-12/h4-9H,3H2,1-2H3,(H2,13,15,16). The van der Waals surface area contributed by atoms with Gasteiger partial charge in [-0.3, -0.25) is 0 Å². The molecule has 2 aromatic rings. The van der Waals surface area contributed by atoms with Gasteiger partial charge in [0, 0.05) is 18.1 Å². The van der Waals surface area contributed by atoms with Crippen LogP contribution in [0.4, 0.5) is 11.6 Å². The number of thiazole rings is 1. The Kier molecular flexibility index (Phi) is 3.93. The highest BCUT2D eigenvalue weighted by atomic mass is 32.1. The fraction of sp³-hybridized carbons (Fsp3) is 0.333. The highest BCUT2D eigenvalue weighted by Gasteiger charge is 2.08. The van der Waals surface area contributed by atoms with E-state index >= 15 is 0 Å². The Hall–Kier alpha value is -1.62. The number of hydrogen-bond acceptors (Lipinski definition) is 5. The van der Waals surface area contributed by atoms with Gasteiger partial charge in [-0.2, -0.15) is 0 Å². The third-order valence-electron chi connectivity index (χ3n) is 2.29. The van der Waals surface area contributed by atoms with Gasteiger partial charge in [-0.05, 0) is 26.0 Å². The summed E-state index contributed by atoms with van der Waals surface area (Å²) in [5.74, 6) is 1.76. The van der Waals surface area contributed by atoms with Gasteiger partial charge in [0.2, 0.25) is 0 Å². The van der Waals surface area contributed by atoms with Crippen LogP contribution in [-0.2, 0) is 0 Å². The molecule has 0 aliphatic heterocycles. The quantitative estimate of drug-likeness (QED) is 0.853. The van der Waals surface area contributed by atoms with E-state index in [9.17, 15) is 0 Å². The second-order valence-corrected chi connectivity index (χ2v) is 4.60. The van der Waals surface area contributed by atoms with E-state index in [2.05, 4.69) is 34.4 Å². The zero-order valence-electron chi connectivity index (χ0n) is 9.97. The Morgan fingerprint density at radius 2 is 2.18 bits per heavy atom. The zero-order valence-corrected chi connectivity index (χ0v) is 10.8. The van der Waals surface area contributed by atoms with Crippen molar-refractivity contribution in [2.75, 3.05) is 17.2 Å². The van der Waals surface area contributed by atoms with Gasteiger partial charge in [-0.15, -0.1) is 11.3 Å². The summed E-state index contributed by atoms with van der Waals surface area (Å²) in [5.41, 5.74) is 0. The van der Waals surface area contributed by atoms with Gasteiger partial charge in [0.25, 0.3) is 0 Å². The fourth-order valence-corrected chi connectivity index (χ4v) is 2.17. The third kappa shape index (κ3) is 3.17. The number of hydrogen-bond donors (Lipinski definition) is 2. The van der Waals surface area contributed by atoms with Crippen LogP contribution >= 0.6 is 11.3 Å². The first kappa shape index (κ1) is 11.9. The lowest BCUT2D eigenvalue weighted by atomic mass is 10.3. The first-order valence-electron chi connectivity index (χ1n) is 5.66. The molecule has 1 atom stereocenters. The molecule has 2 heterocycles. The molecule has 0 saturated heterocycles. The minimum atomic E-state index is 0.180. The van der Waals surface area contributed by atoms with Crippen LogP contribution < -0.4 is 10.6 Å². The molecule has 90 valence electrons. The monoisotopic (exact) mass is 248 g/mol. The number of aromatic nitrogens is 2. The van der Waals surface area contributed by atoms with E-state index in [0.29, 0.717) is 0 Å². The molecular formula is C12H16N4S. The molecule has 2 aromatic heterocycles. The van der Waals surface area contributed by atoms with E-state index in [1.165, 1.54) is 0 Å². The van der Waals surface area contributed by atoms with Crippen LogP contribution in [0, 0.1) is 0 Å². The van der Waals surface area contributed by atoms with E-state index in [1.54, 1.807) is 11.3 Å². The molecule has 4 nitrogen and oxygen atoms in total. The minimum Gasteiger partial charge on any atom is -0.370 e. The Balaban J connectivity index is 2.05. The summed E-state index contributed by atoms with van der Waals surface area (Å²) in [7, 11) is 0. The number of nitrogens with one attached hydrogen (secondary N) is 2. The molecule has 0 aliphatic rings. The molecule has 0 saturated carbocycles. The lowest BCUT2D eigenvalue weighted by molar-refractivity contribution is 0.861. The molecule has 5 heteroatoms. The van der Waals surface area contributed by atoms with Crippen molar-refractivity contribution in [1.82, 2.24) is 9.97 Å². The summed E-state index contributed by atoms with van der Waals surface area (Å²) in [6.45, 7) is 5.01. The van der Waals surface area contributed by atoms with Crippen molar-refractivity contribution >= 4 is 23.0 Å². The van der Waals surface area contributed by atoms with Crippen LogP contribution in [0.2, 0.25) is 0 Å². The molecule has 2 rings (SSSR count). The van der Waals surface area contributed by atoms with Crippen molar-refractivity contribution < 1.29 is 0 Å². The van der Waals surface area contributed by atoms with Crippen molar-refractivity contribution in [3.8, 4) is 0 Å². The first-order chi connectivity index (χ1) is 8.29. The molecule has 0 aliphatic carbocycles. The van der Waals surface area contributed by atoms with Gasteiger partial charge < -0.3 is 10.6 Å². The summed E-state index contributed by atoms with van der Waals surface area (Å²) in [5, 5.41) is 9.58. The van der Waals surface area contributed by atoms with Gasteiger partial charge in [0.15, 0.2) is 0 Å². The van der Waals surface area contributed by atoms with Gasteiger partial charge in [-0.1, -0.05) is 6.07 Å². The summed E-state index contributed by atoms with van der Waals surface area (Å²) in [4.78, 5) is 8.75. The molecule has 0 fully saturated rings. The molecule has 1 unspecified atom stereocenters. The van der Waals surface area contributed by atoms with Crippen LogP contribution in [0.1, 0.15) is 24.9 Å². The maximum atomic E-state index is 4.47. The van der Waals surface area contributed by atoms with Crippen LogP contribution in [0.15, 0.2) is 29.8 Å². The van der Waals surface area contributed by atoms with Gasteiger partial charge in [-0.25, -0.2) is 9.97 Å². The van der Waals surface area contributed by atoms with Crippen molar-refractivity contribution in [2.24, 2.45) is 0 Å². The summed E-state index contributed by atoms with van der Waals surface area (Å²) in [6, 6.07) is 6.09. The predicted molar refractivity (Wildman–Crippen MR) is 72.6 cm³/mol. The van der Waals surface area contributed by atoms with Crippen LogP contribution in [0.3, 0.4) is 0 Å². The van der Waals surface area contributed by atoms with E-state index in [0.717, 1.165) is 23.2 Å². The molecule has 0 aromatic carbocycles. The molecular weight excluding hydrogens is 232 g/mol. The van der Waals surface area contributed by atoms with Gasteiger partial charge in [0.1, 0.15) is 16.6 Å². The van der Waals surface area contributed by atoms with Gasteiger partial charge >= 0.3 is 0 Å². The van der Waals surface area contributed by atoms with Crippen LogP contribution in [0.25, 0.3) is 0 Å². The predicted octanol–water partition coefficient (Wildman–Crippen LogP) is 3.14. The number of pyridine rings is 1. The molecule has 0 bridgehead atoms. The molecule has 0 spiro atoms. The largest absolute Gasteiger partial charge is 0.370 e. The highest BCUT2D eigenvalue weighted by Crippen LogP contribution is 2.20. The average Bonchev–Trinajstić information content (AvgIpc) is 2.83. The average molecular weight is 248 g/mol. The number of rotatable bonds is 5. The summed E-state index contributed by atoms with van der Waals surface area (Å²) in [6.07, 6.45) is 1.82. The fourth-order valence-electron chi connectivity index (χ4n) is 1.53. The topological polar surface area (TPSA) is 49.8 Å². The normalized spacial score (nSPS) is 12.1. The lowest BCUT2D eigenvalue weighted by Gasteiger charge is -2.12. The van der Waals surface area contributed by atoms with E-state index in [1.807, 2.05) is 29.8 Å². The van der Waals surface area contributed by atoms with Gasteiger partial charge in [0.05, 0.1) is 6.04 Å². The van der Waals surface area contributed by atoms with Crippen molar-refractivity contribution in [1.29, 1.82) is 0 Å². The first-order valence-corrected chi connectivity index (χ1v) is 6.54. The Labute approximate surface area is 105 Å². The lowest BCUT2D eigenvalue weighted by Crippen LogP contribution is -2.08. The Morgan fingerprint density at radius 1 is 1.35 bits per heavy atom. The second kappa shape index (κ2) is 5.63. The molecule has 0 amide bonds. The smallest absolute Gasteiger partial charge is 0.128 e. The summed E-state index contributed by atoms with van der Waals surface area (Å²) < 4.78 is 0. The second-order valence-electron chi connectivity index (χ2n) is 3.67. The van der Waals surface area contributed by atoms with Crippen LogP contribution in [-0.4, -0.2) is 16.5 Å². The number of anilines is 2. The minimum absolute atomic E-state index is 0.180. The van der Waals surface area contributed by atoms with E-state index < -0.39 is 0 Å². The molecule has 0 radical (unpaired) electrons. The zero-order chi connectivity index (χ0) is 12.1. The highest BCUT2D eigenvalue weighted by molar-refractivity contribution is 7.09. The van der Waals surface area contributed by atoms with Crippen molar-refractivity contribution in [2.45, 2.75) is 19.9 Å². The Bertz CT molecular complexity index is 455. The maximum absolute atomic E-state index is 4.47. The number of nitrogens with zero attached hydrogens (tertiary/aromatic N) is 2. The van der Waals surface area contributed by atoms with Crippen molar-refractivity contribution in [3.05, 3.63) is 34.8 Å². The maximum Gasteiger partial charge on any atom is 0.128 e. The summed E-state index contributed by atoms with van der Waals surface area (Å²) >= 11 is 1.65. The van der Waals surface area contributed by atoms with E-state index in [4.69, 9.17) is 0 Å². The van der Waals surface area contributed by atoms with Crippen LogP contribution in [0.5, 0.6) is 0 Å². The molecule has 2 N–H and O–H groups in total.